The van der Waals surface area contributed by atoms with Crippen LogP contribution in [0.3, 0.4) is 0 Å². The number of nitrogens with one attached hydrogen (secondary N) is 1. The maximum atomic E-state index is 12.1. The van der Waals surface area contributed by atoms with Crippen molar-refractivity contribution in [1.82, 2.24) is 19.5 Å². The molecule has 0 aromatic carbocycles. The largest absolute Gasteiger partial charge is 0.297 e. The Labute approximate surface area is 132 Å². The molecule has 114 valence electrons. The van der Waals surface area contributed by atoms with Gasteiger partial charge in [-0.15, -0.1) is 0 Å². The van der Waals surface area contributed by atoms with E-state index in [1.54, 1.807) is 6.07 Å². The summed E-state index contributed by atoms with van der Waals surface area (Å²) in [6.07, 6.45) is 4.07. The van der Waals surface area contributed by atoms with Gasteiger partial charge in [0.25, 0.3) is 5.56 Å². The third kappa shape index (κ3) is 2.23. The molecule has 0 bridgehead atoms. The average Bonchev–Trinajstić information content (AvgIpc) is 3.21. The molecule has 1 unspecified atom stereocenters. The highest BCUT2D eigenvalue weighted by molar-refractivity contribution is 7.99. The Bertz CT molecular complexity index is 811. The number of nitrogens with zero attached hydrogens (tertiary/aromatic N) is 4. The Hall–Kier alpha value is -1.78. The fourth-order valence-electron chi connectivity index (χ4n) is 3.56. The third-order valence-electron chi connectivity index (χ3n) is 4.76. The van der Waals surface area contributed by atoms with Crippen molar-refractivity contribution >= 4 is 17.4 Å². The average molecular weight is 315 g/mol. The molecule has 0 aliphatic carbocycles. The van der Waals surface area contributed by atoms with Gasteiger partial charge in [-0.1, -0.05) is 0 Å². The normalized spacial score (nSPS) is 25.2. The quantitative estimate of drug-likeness (QED) is 0.902. The van der Waals surface area contributed by atoms with Crippen LogP contribution in [-0.4, -0.2) is 44.1 Å². The summed E-state index contributed by atoms with van der Waals surface area (Å²) in [4.78, 5) is 19.0. The maximum absolute atomic E-state index is 12.1. The first-order valence-corrected chi connectivity index (χ1v) is 8.65. The lowest BCUT2D eigenvalue weighted by Crippen LogP contribution is -2.28. The fraction of sp³-hybridized carbons (Fsp3) is 0.533. The van der Waals surface area contributed by atoms with Gasteiger partial charge < -0.3 is 0 Å². The van der Waals surface area contributed by atoms with Crippen molar-refractivity contribution in [3.05, 3.63) is 33.9 Å². The zero-order valence-corrected chi connectivity index (χ0v) is 13.0. The van der Waals surface area contributed by atoms with E-state index < -0.39 is 0 Å². The zero-order valence-electron chi connectivity index (χ0n) is 12.2. The summed E-state index contributed by atoms with van der Waals surface area (Å²) in [6.45, 7) is 2.85. The van der Waals surface area contributed by atoms with E-state index in [2.05, 4.69) is 32.8 Å². The van der Waals surface area contributed by atoms with Gasteiger partial charge in [0.15, 0.2) is 5.65 Å². The van der Waals surface area contributed by atoms with Crippen LogP contribution in [0.15, 0.2) is 17.1 Å². The highest BCUT2D eigenvalue weighted by Gasteiger charge is 2.40. The summed E-state index contributed by atoms with van der Waals surface area (Å²) >= 11 is 2.05. The first-order valence-electron chi connectivity index (χ1n) is 7.49. The second-order valence-electron chi connectivity index (χ2n) is 6.31. The zero-order chi connectivity index (χ0) is 15.2. The van der Waals surface area contributed by atoms with Crippen molar-refractivity contribution in [2.75, 3.05) is 24.6 Å². The standard InChI is InChI=1S/C15H17N5OS/c16-6-11-7-17-20-13(21)5-12(18-14(11)20)8-19-3-1-15(9-19)2-4-22-10-15/h5,7,17H,1-4,8-10H2. The van der Waals surface area contributed by atoms with Gasteiger partial charge in [-0.05, 0) is 30.6 Å². The van der Waals surface area contributed by atoms with Crippen molar-refractivity contribution in [3.8, 4) is 6.07 Å². The van der Waals surface area contributed by atoms with E-state index in [0.29, 0.717) is 23.2 Å². The predicted molar refractivity (Wildman–Crippen MR) is 84.8 cm³/mol. The van der Waals surface area contributed by atoms with Gasteiger partial charge in [0, 0.05) is 31.1 Å². The lowest BCUT2D eigenvalue weighted by Gasteiger charge is -2.22. The number of nitriles is 1. The third-order valence-corrected chi connectivity index (χ3v) is 6.07. The highest BCUT2D eigenvalue weighted by Crippen LogP contribution is 2.43. The topological polar surface area (TPSA) is 77.2 Å². The van der Waals surface area contributed by atoms with E-state index in [4.69, 9.17) is 5.26 Å². The molecule has 7 heteroatoms. The summed E-state index contributed by atoms with van der Waals surface area (Å²) < 4.78 is 1.32. The number of aromatic amines is 1. The van der Waals surface area contributed by atoms with E-state index in [1.165, 1.54) is 35.1 Å². The van der Waals surface area contributed by atoms with Gasteiger partial charge in [0.05, 0.1) is 5.69 Å². The molecule has 0 radical (unpaired) electrons. The van der Waals surface area contributed by atoms with Gasteiger partial charge >= 0.3 is 0 Å². The molecule has 2 aromatic heterocycles. The van der Waals surface area contributed by atoms with Crippen molar-refractivity contribution < 1.29 is 0 Å². The second-order valence-corrected chi connectivity index (χ2v) is 7.41. The van der Waals surface area contributed by atoms with Gasteiger partial charge in [-0.3, -0.25) is 14.8 Å². The Kier molecular flexibility index (Phi) is 3.24. The van der Waals surface area contributed by atoms with Crippen molar-refractivity contribution in [1.29, 1.82) is 5.26 Å². The van der Waals surface area contributed by atoms with Crippen molar-refractivity contribution in [3.63, 3.8) is 0 Å². The Morgan fingerprint density at radius 1 is 1.50 bits per heavy atom. The Balaban J connectivity index is 1.60. The summed E-state index contributed by atoms with van der Waals surface area (Å²) in [5.74, 6) is 2.53. The number of rotatable bonds is 2. The molecule has 4 heterocycles. The van der Waals surface area contributed by atoms with Gasteiger partial charge in [0.1, 0.15) is 11.6 Å². The summed E-state index contributed by atoms with van der Waals surface area (Å²) in [5, 5.41) is 11.9. The van der Waals surface area contributed by atoms with Crippen LogP contribution < -0.4 is 5.56 Å². The molecule has 2 saturated heterocycles. The highest BCUT2D eigenvalue weighted by atomic mass is 32.2. The molecule has 2 aliphatic rings. The SMILES string of the molecule is N#Cc1c[nH]n2c(=O)cc(CN3CCC4(CCSC4)C3)nc12. The van der Waals surface area contributed by atoms with Gasteiger partial charge in [-0.2, -0.15) is 17.0 Å². The summed E-state index contributed by atoms with van der Waals surface area (Å²) in [5.41, 5.74) is 1.91. The summed E-state index contributed by atoms with van der Waals surface area (Å²) in [6, 6.07) is 3.64. The van der Waals surface area contributed by atoms with Crippen molar-refractivity contribution in [2.45, 2.75) is 19.4 Å². The molecule has 0 saturated carbocycles. The monoisotopic (exact) mass is 315 g/mol. The second kappa shape index (κ2) is 5.14. The van der Waals surface area contributed by atoms with E-state index >= 15 is 0 Å². The van der Waals surface area contributed by atoms with Crippen LogP contribution in [0.25, 0.3) is 5.65 Å². The lowest BCUT2D eigenvalue weighted by molar-refractivity contribution is 0.272. The lowest BCUT2D eigenvalue weighted by atomic mass is 9.87. The first kappa shape index (κ1) is 13.9. The van der Waals surface area contributed by atoms with E-state index in [-0.39, 0.29) is 5.56 Å². The molecule has 2 aromatic rings. The molecule has 6 nitrogen and oxygen atoms in total. The predicted octanol–water partition coefficient (Wildman–Crippen LogP) is 1.22. The first-order chi connectivity index (χ1) is 10.7. The summed E-state index contributed by atoms with van der Waals surface area (Å²) in [7, 11) is 0. The molecule has 4 rings (SSSR count). The number of likely N-dealkylation sites (tertiary alicyclic amines) is 1. The number of hydrogen-bond donors (Lipinski definition) is 1. The van der Waals surface area contributed by atoms with Crippen LogP contribution in [0, 0.1) is 16.7 Å². The number of hydrogen-bond acceptors (Lipinski definition) is 5. The fourth-order valence-corrected chi connectivity index (χ4v) is 5.09. The Morgan fingerprint density at radius 2 is 2.41 bits per heavy atom. The molecule has 22 heavy (non-hydrogen) atoms. The smallest absolute Gasteiger partial charge is 0.272 e. The Morgan fingerprint density at radius 3 is 3.18 bits per heavy atom. The van der Waals surface area contributed by atoms with Crippen LogP contribution in [0.2, 0.25) is 0 Å². The van der Waals surface area contributed by atoms with Gasteiger partial charge in [-0.25, -0.2) is 9.50 Å². The number of aromatic nitrogens is 3. The van der Waals surface area contributed by atoms with E-state index in [9.17, 15) is 4.79 Å². The van der Waals surface area contributed by atoms with Crippen molar-refractivity contribution in [2.24, 2.45) is 5.41 Å². The minimum absolute atomic E-state index is 0.160. The number of thioether (sulfide) groups is 1. The maximum Gasteiger partial charge on any atom is 0.272 e. The molecule has 2 fully saturated rings. The van der Waals surface area contributed by atoms with E-state index in [1.807, 2.05) is 0 Å². The molecule has 0 amide bonds. The van der Waals surface area contributed by atoms with Crippen LogP contribution in [0.1, 0.15) is 24.1 Å². The molecular formula is C15H17N5OS. The molecule has 1 spiro atoms. The van der Waals surface area contributed by atoms with E-state index in [0.717, 1.165) is 18.8 Å². The molecule has 1 atom stereocenters. The van der Waals surface area contributed by atoms with Crippen LogP contribution >= 0.6 is 11.8 Å². The molecular weight excluding hydrogens is 298 g/mol. The van der Waals surface area contributed by atoms with Gasteiger partial charge in [0.2, 0.25) is 0 Å². The number of H-pyrrole nitrogens is 1. The minimum atomic E-state index is -0.160. The number of fused-ring (bicyclic) bond motifs is 1. The molecule has 2 aliphatic heterocycles. The minimum Gasteiger partial charge on any atom is -0.297 e. The van der Waals surface area contributed by atoms with Crippen LogP contribution in [-0.2, 0) is 6.54 Å². The molecule has 1 N–H and O–H groups in total. The van der Waals surface area contributed by atoms with Crippen LogP contribution in [0.5, 0.6) is 0 Å². The van der Waals surface area contributed by atoms with Crippen LogP contribution in [0.4, 0.5) is 0 Å².